The van der Waals surface area contributed by atoms with Crippen molar-refractivity contribution < 1.29 is 0 Å². The van der Waals surface area contributed by atoms with Gasteiger partial charge in [0.05, 0.1) is 0 Å². The lowest BCUT2D eigenvalue weighted by atomic mass is 9.77. The van der Waals surface area contributed by atoms with E-state index in [-0.39, 0.29) is 5.54 Å². The minimum atomic E-state index is 0.0174. The van der Waals surface area contributed by atoms with Crippen molar-refractivity contribution >= 4 is 0 Å². The van der Waals surface area contributed by atoms with Gasteiger partial charge in [0.1, 0.15) is 0 Å². The monoisotopic (exact) mass is 156 g/mol. The van der Waals surface area contributed by atoms with Crippen molar-refractivity contribution in [3.05, 3.63) is 0 Å². The van der Waals surface area contributed by atoms with Gasteiger partial charge in [0.25, 0.3) is 0 Å². The molecule has 1 rings (SSSR count). The molecule has 2 atom stereocenters. The van der Waals surface area contributed by atoms with Crippen LogP contribution in [0.25, 0.3) is 0 Å². The van der Waals surface area contributed by atoms with E-state index in [0.29, 0.717) is 11.8 Å². The third-order valence-corrected chi connectivity index (χ3v) is 3.18. The lowest BCUT2D eigenvalue weighted by molar-refractivity contribution is 0.234. The Bertz CT molecular complexity index is 124. The second kappa shape index (κ2) is 3.11. The number of nitrogens with one attached hydrogen (secondary N) is 1. The number of hydrogen-bond acceptors (Lipinski definition) is 2. The van der Waals surface area contributed by atoms with E-state index < -0.39 is 0 Å². The number of rotatable bonds is 2. The third-order valence-electron chi connectivity index (χ3n) is 3.18. The molecule has 1 heterocycles. The molecular formula is C9H20N2. The molecule has 0 saturated carbocycles. The van der Waals surface area contributed by atoms with Crippen molar-refractivity contribution in [2.24, 2.45) is 17.6 Å². The SMILES string of the molecule is CC(C)C(C)(N)C1CCNC1. The van der Waals surface area contributed by atoms with Gasteiger partial charge in [-0.3, -0.25) is 0 Å². The van der Waals surface area contributed by atoms with Crippen LogP contribution in [0.1, 0.15) is 27.2 Å². The van der Waals surface area contributed by atoms with Crippen LogP contribution >= 0.6 is 0 Å². The van der Waals surface area contributed by atoms with Crippen molar-refractivity contribution in [3.8, 4) is 0 Å². The van der Waals surface area contributed by atoms with E-state index in [2.05, 4.69) is 26.1 Å². The van der Waals surface area contributed by atoms with Gasteiger partial charge in [-0.15, -0.1) is 0 Å². The molecule has 2 heteroatoms. The fraction of sp³-hybridized carbons (Fsp3) is 1.00. The van der Waals surface area contributed by atoms with E-state index in [1.54, 1.807) is 0 Å². The molecule has 0 aliphatic carbocycles. The van der Waals surface area contributed by atoms with Crippen LogP contribution in [-0.2, 0) is 0 Å². The maximum absolute atomic E-state index is 6.22. The first kappa shape index (κ1) is 9.01. The molecule has 0 aromatic rings. The third kappa shape index (κ3) is 1.74. The second-order valence-corrected chi connectivity index (χ2v) is 4.21. The van der Waals surface area contributed by atoms with Crippen molar-refractivity contribution in [2.75, 3.05) is 13.1 Å². The van der Waals surface area contributed by atoms with Crippen molar-refractivity contribution in [2.45, 2.75) is 32.7 Å². The predicted molar refractivity (Wildman–Crippen MR) is 48.4 cm³/mol. The fourth-order valence-corrected chi connectivity index (χ4v) is 1.66. The minimum Gasteiger partial charge on any atom is -0.325 e. The summed E-state index contributed by atoms with van der Waals surface area (Å²) in [5.41, 5.74) is 6.24. The summed E-state index contributed by atoms with van der Waals surface area (Å²) in [5.74, 6) is 1.25. The van der Waals surface area contributed by atoms with Gasteiger partial charge < -0.3 is 11.1 Å². The highest BCUT2D eigenvalue weighted by atomic mass is 14.9. The molecule has 2 unspecified atom stereocenters. The summed E-state index contributed by atoms with van der Waals surface area (Å²) in [6.07, 6.45) is 1.24. The molecule has 1 saturated heterocycles. The summed E-state index contributed by atoms with van der Waals surface area (Å²) in [4.78, 5) is 0. The van der Waals surface area contributed by atoms with Gasteiger partial charge in [0, 0.05) is 5.54 Å². The lowest BCUT2D eigenvalue weighted by Gasteiger charge is -2.35. The van der Waals surface area contributed by atoms with Crippen molar-refractivity contribution in [1.29, 1.82) is 0 Å². The smallest absolute Gasteiger partial charge is 0.0190 e. The molecule has 0 spiro atoms. The van der Waals surface area contributed by atoms with Crippen LogP contribution in [0.5, 0.6) is 0 Å². The van der Waals surface area contributed by atoms with Gasteiger partial charge in [0.15, 0.2) is 0 Å². The first-order chi connectivity index (χ1) is 5.05. The molecule has 0 aromatic heterocycles. The van der Waals surface area contributed by atoms with Gasteiger partial charge in [-0.25, -0.2) is 0 Å². The van der Waals surface area contributed by atoms with E-state index in [9.17, 15) is 0 Å². The van der Waals surface area contributed by atoms with Crippen LogP contribution in [0.3, 0.4) is 0 Å². The Labute approximate surface area is 69.5 Å². The molecule has 2 nitrogen and oxygen atoms in total. The van der Waals surface area contributed by atoms with Crippen molar-refractivity contribution in [3.63, 3.8) is 0 Å². The summed E-state index contributed by atoms with van der Waals surface area (Å²) in [6.45, 7) is 8.83. The first-order valence-corrected chi connectivity index (χ1v) is 4.54. The highest BCUT2D eigenvalue weighted by molar-refractivity contribution is 4.93. The molecule has 1 aliphatic rings. The van der Waals surface area contributed by atoms with Gasteiger partial charge in [0.2, 0.25) is 0 Å². The summed E-state index contributed by atoms with van der Waals surface area (Å²) in [7, 11) is 0. The Morgan fingerprint density at radius 2 is 2.18 bits per heavy atom. The quantitative estimate of drug-likeness (QED) is 0.625. The Morgan fingerprint density at radius 1 is 1.55 bits per heavy atom. The average molecular weight is 156 g/mol. The maximum atomic E-state index is 6.22. The molecule has 1 aliphatic heterocycles. The van der Waals surface area contributed by atoms with Gasteiger partial charge in [-0.1, -0.05) is 13.8 Å². The van der Waals surface area contributed by atoms with Crippen LogP contribution in [-0.4, -0.2) is 18.6 Å². The van der Waals surface area contributed by atoms with Crippen molar-refractivity contribution in [1.82, 2.24) is 5.32 Å². The van der Waals surface area contributed by atoms with Crippen LogP contribution < -0.4 is 11.1 Å². The van der Waals surface area contributed by atoms with E-state index in [0.717, 1.165) is 13.1 Å². The molecule has 1 fully saturated rings. The predicted octanol–water partition coefficient (Wildman–Crippen LogP) is 0.969. The van der Waals surface area contributed by atoms with Crippen LogP contribution in [0.4, 0.5) is 0 Å². The molecule has 0 radical (unpaired) electrons. The lowest BCUT2D eigenvalue weighted by Crippen LogP contribution is -2.49. The Hall–Kier alpha value is -0.0800. The fourth-order valence-electron chi connectivity index (χ4n) is 1.66. The largest absolute Gasteiger partial charge is 0.325 e. The molecule has 3 N–H and O–H groups in total. The summed E-state index contributed by atoms with van der Waals surface area (Å²) < 4.78 is 0. The molecule has 0 aromatic carbocycles. The highest BCUT2D eigenvalue weighted by Gasteiger charge is 2.34. The number of hydrogen-bond donors (Lipinski definition) is 2. The summed E-state index contributed by atoms with van der Waals surface area (Å²) >= 11 is 0. The maximum Gasteiger partial charge on any atom is 0.0190 e. The van der Waals surface area contributed by atoms with E-state index in [4.69, 9.17) is 5.73 Å². The summed E-state index contributed by atoms with van der Waals surface area (Å²) in [5, 5.41) is 3.35. The Morgan fingerprint density at radius 3 is 2.55 bits per heavy atom. The molecule has 0 bridgehead atoms. The summed E-state index contributed by atoms with van der Waals surface area (Å²) in [6, 6.07) is 0. The van der Waals surface area contributed by atoms with Crippen LogP contribution in [0, 0.1) is 11.8 Å². The molecular weight excluding hydrogens is 136 g/mol. The Kier molecular flexibility index (Phi) is 2.55. The Balaban J connectivity index is 2.55. The van der Waals surface area contributed by atoms with E-state index in [1.165, 1.54) is 6.42 Å². The van der Waals surface area contributed by atoms with Gasteiger partial charge in [-0.2, -0.15) is 0 Å². The number of nitrogens with two attached hydrogens (primary N) is 1. The molecule has 0 amide bonds. The standard InChI is InChI=1S/C9H20N2/c1-7(2)9(3,10)8-4-5-11-6-8/h7-8,11H,4-6,10H2,1-3H3. The normalized spacial score (nSPS) is 30.8. The zero-order chi connectivity index (χ0) is 8.48. The first-order valence-electron chi connectivity index (χ1n) is 4.54. The topological polar surface area (TPSA) is 38.0 Å². The van der Waals surface area contributed by atoms with Crippen LogP contribution in [0.15, 0.2) is 0 Å². The molecule has 66 valence electrons. The zero-order valence-corrected chi connectivity index (χ0v) is 7.85. The minimum absolute atomic E-state index is 0.0174. The van der Waals surface area contributed by atoms with Crippen LogP contribution in [0.2, 0.25) is 0 Å². The van der Waals surface area contributed by atoms with Gasteiger partial charge >= 0.3 is 0 Å². The van der Waals surface area contributed by atoms with Gasteiger partial charge in [-0.05, 0) is 38.3 Å². The van der Waals surface area contributed by atoms with E-state index >= 15 is 0 Å². The molecule has 11 heavy (non-hydrogen) atoms. The zero-order valence-electron chi connectivity index (χ0n) is 7.85. The average Bonchev–Trinajstić information content (AvgIpc) is 2.37. The van der Waals surface area contributed by atoms with E-state index in [1.807, 2.05) is 0 Å². The second-order valence-electron chi connectivity index (χ2n) is 4.21. The highest BCUT2D eigenvalue weighted by Crippen LogP contribution is 2.27.